The smallest absolute Gasteiger partial charge is 0.295 e. The zero-order valence-electron chi connectivity index (χ0n) is 16.3. The number of furan rings is 1. The molecule has 144 valence electrons. The minimum atomic E-state index is -0.147. The Morgan fingerprint density at radius 1 is 1.11 bits per heavy atom. The van der Waals surface area contributed by atoms with E-state index < -0.39 is 0 Å². The fourth-order valence-corrected chi connectivity index (χ4v) is 4.31. The summed E-state index contributed by atoms with van der Waals surface area (Å²) >= 11 is 1.55. The number of aromatic nitrogens is 1. The summed E-state index contributed by atoms with van der Waals surface area (Å²) in [7, 11) is 4.07. The first kappa shape index (κ1) is 18.7. The van der Waals surface area contributed by atoms with Gasteiger partial charge in [0.2, 0.25) is 0 Å². The lowest BCUT2D eigenvalue weighted by Gasteiger charge is -2.19. The van der Waals surface area contributed by atoms with Crippen molar-refractivity contribution in [2.45, 2.75) is 13.3 Å². The molecule has 0 saturated carbocycles. The molecule has 1 amide bonds. The van der Waals surface area contributed by atoms with Crippen LogP contribution in [0.2, 0.25) is 0 Å². The molecular weight excluding hydrogens is 370 g/mol. The van der Waals surface area contributed by atoms with Crippen LogP contribution in [-0.2, 0) is 0 Å². The molecule has 0 atom stereocenters. The van der Waals surface area contributed by atoms with Gasteiger partial charge in [0.1, 0.15) is 5.58 Å². The molecule has 0 aliphatic carbocycles. The van der Waals surface area contributed by atoms with E-state index in [2.05, 4.69) is 4.90 Å². The number of hydrogen-bond donors (Lipinski definition) is 0. The van der Waals surface area contributed by atoms with Gasteiger partial charge in [-0.05, 0) is 57.7 Å². The Kier molecular flexibility index (Phi) is 5.15. The third-order valence-corrected chi connectivity index (χ3v) is 5.75. The maximum atomic E-state index is 13.3. The van der Waals surface area contributed by atoms with E-state index in [1.165, 1.54) is 0 Å². The van der Waals surface area contributed by atoms with E-state index in [1.54, 1.807) is 16.2 Å². The number of hydrogen-bond acceptors (Lipinski definition) is 5. The van der Waals surface area contributed by atoms with Crippen LogP contribution in [0.3, 0.4) is 0 Å². The van der Waals surface area contributed by atoms with Crippen LogP contribution in [0.5, 0.6) is 0 Å². The van der Waals surface area contributed by atoms with Crippen LogP contribution in [0.15, 0.2) is 52.9 Å². The molecule has 0 aliphatic rings. The predicted octanol–water partition coefficient (Wildman–Crippen LogP) is 4.95. The zero-order chi connectivity index (χ0) is 19.7. The van der Waals surface area contributed by atoms with Gasteiger partial charge in [-0.3, -0.25) is 9.69 Å². The van der Waals surface area contributed by atoms with Gasteiger partial charge in [0.25, 0.3) is 5.91 Å². The first-order chi connectivity index (χ1) is 13.5. The Labute approximate surface area is 168 Å². The Balaban J connectivity index is 1.71. The molecule has 28 heavy (non-hydrogen) atoms. The molecule has 2 heterocycles. The maximum absolute atomic E-state index is 13.3. The summed E-state index contributed by atoms with van der Waals surface area (Å²) in [6, 6.07) is 15.6. The number of carbonyl (C=O) groups excluding carboxylic acids is 1. The topological polar surface area (TPSA) is 49.6 Å². The fourth-order valence-electron chi connectivity index (χ4n) is 3.24. The van der Waals surface area contributed by atoms with Crippen molar-refractivity contribution in [3.8, 4) is 0 Å². The molecule has 0 unspecified atom stereocenters. The average Bonchev–Trinajstić information content (AvgIpc) is 3.29. The molecule has 0 bridgehead atoms. The Morgan fingerprint density at radius 2 is 1.93 bits per heavy atom. The number of carbonyl (C=O) groups is 1. The third-order valence-electron chi connectivity index (χ3n) is 4.71. The van der Waals surface area contributed by atoms with Crippen LogP contribution in [0.4, 0.5) is 5.13 Å². The summed E-state index contributed by atoms with van der Waals surface area (Å²) in [4.78, 5) is 22.0. The molecular formula is C22H23N3O2S. The van der Waals surface area contributed by atoms with Gasteiger partial charge in [-0.2, -0.15) is 0 Å². The number of aryl methyl sites for hydroxylation is 1. The summed E-state index contributed by atoms with van der Waals surface area (Å²) in [5.74, 6) is 0.202. The first-order valence-corrected chi connectivity index (χ1v) is 10.2. The van der Waals surface area contributed by atoms with Gasteiger partial charge in [0.05, 0.1) is 10.2 Å². The van der Waals surface area contributed by atoms with Gasteiger partial charge in [0.15, 0.2) is 10.9 Å². The third kappa shape index (κ3) is 3.66. The standard InChI is InChI=1S/C22H23N3O2S/c1-15-8-6-11-19-20(15)23-22(28-19)25(13-7-12-24(2)3)21(26)18-14-16-9-4-5-10-17(16)27-18/h4-6,8-11,14H,7,12-13H2,1-3H3. The summed E-state index contributed by atoms with van der Waals surface area (Å²) in [5.41, 5.74) is 2.79. The average molecular weight is 394 g/mol. The van der Waals surface area contributed by atoms with E-state index >= 15 is 0 Å². The maximum Gasteiger partial charge on any atom is 0.295 e. The number of thiazole rings is 1. The van der Waals surface area contributed by atoms with Crippen molar-refractivity contribution in [3.05, 3.63) is 59.9 Å². The van der Waals surface area contributed by atoms with Gasteiger partial charge in [-0.1, -0.05) is 41.7 Å². The van der Waals surface area contributed by atoms with E-state index in [9.17, 15) is 4.79 Å². The van der Waals surface area contributed by atoms with Crippen LogP contribution < -0.4 is 4.90 Å². The van der Waals surface area contributed by atoms with Crippen LogP contribution in [0.25, 0.3) is 21.2 Å². The highest BCUT2D eigenvalue weighted by atomic mass is 32.1. The van der Waals surface area contributed by atoms with Crippen molar-refractivity contribution in [1.29, 1.82) is 0 Å². The van der Waals surface area contributed by atoms with Crippen molar-refractivity contribution >= 4 is 43.6 Å². The highest BCUT2D eigenvalue weighted by molar-refractivity contribution is 7.22. The normalized spacial score (nSPS) is 11.6. The van der Waals surface area contributed by atoms with Gasteiger partial charge in [-0.15, -0.1) is 0 Å². The highest BCUT2D eigenvalue weighted by Crippen LogP contribution is 2.32. The lowest BCUT2D eigenvalue weighted by Crippen LogP contribution is -2.33. The molecule has 0 radical (unpaired) electrons. The number of nitrogens with zero attached hydrogens (tertiary/aromatic N) is 3. The second kappa shape index (κ2) is 7.73. The lowest BCUT2D eigenvalue weighted by molar-refractivity contribution is 0.0961. The first-order valence-electron chi connectivity index (χ1n) is 9.34. The monoisotopic (exact) mass is 393 g/mol. The minimum absolute atomic E-state index is 0.147. The van der Waals surface area contributed by atoms with Gasteiger partial charge >= 0.3 is 0 Å². The molecule has 0 fully saturated rings. The molecule has 5 nitrogen and oxygen atoms in total. The SMILES string of the molecule is Cc1cccc2sc(N(CCCN(C)C)C(=O)c3cc4ccccc4o3)nc12. The largest absolute Gasteiger partial charge is 0.451 e. The second-order valence-electron chi connectivity index (χ2n) is 7.18. The van der Waals surface area contributed by atoms with Gasteiger partial charge < -0.3 is 9.32 Å². The number of rotatable bonds is 6. The quantitative estimate of drug-likeness (QED) is 0.465. The molecule has 4 rings (SSSR count). The Morgan fingerprint density at radius 3 is 2.68 bits per heavy atom. The molecule has 6 heteroatoms. The van der Waals surface area contributed by atoms with E-state index in [-0.39, 0.29) is 5.91 Å². The van der Waals surface area contributed by atoms with Crippen LogP contribution in [0, 0.1) is 6.92 Å². The van der Waals surface area contributed by atoms with E-state index in [4.69, 9.17) is 9.40 Å². The summed E-state index contributed by atoms with van der Waals surface area (Å²) in [6.07, 6.45) is 0.855. The second-order valence-corrected chi connectivity index (χ2v) is 8.19. The number of amides is 1. The number of fused-ring (bicyclic) bond motifs is 2. The van der Waals surface area contributed by atoms with Crippen molar-refractivity contribution < 1.29 is 9.21 Å². The summed E-state index contributed by atoms with van der Waals surface area (Å²) < 4.78 is 6.92. The van der Waals surface area contributed by atoms with E-state index in [0.29, 0.717) is 17.4 Å². The molecule has 0 N–H and O–H groups in total. The van der Waals surface area contributed by atoms with Gasteiger partial charge in [-0.25, -0.2) is 4.98 Å². The number of anilines is 1. The van der Waals surface area contributed by atoms with E-state index in [0.717, 1.165) is 39.7 Å². The van der Waals surface area contributed by atoms with Crippen molar-refractivity contribution in [3.63, 3.8) is 0 Å². The molecule has 0 aliphatic heterocycles. The fraction of sp³-hybridized carbons (Fsp3) is 0.273. The van der Waals surface area contributed by atoms with Crippen molar-refractivity contribution in [2.24, 2.45) is 0 Å². The summed E-state index contributed by atoms with van der Waals surface area (Å²) in [6.45, 7) is 3.53. The van der Waals surface area contributed by atoms with Crippen LogP contribution >= 0.6 is 11.3 Å². The lowest BCUT2D eigenvalue weighted by atomic mass is 10.2. The molecule has 0 saturated heterocycles. The molecule has 4 aromatic rings. The van der Waals surface area contributed by atoms with Crippen LogP contribution in [0.1, 0.15) is 22.5 Å². The van der Waals surface area contributed by atoms with E-state index in [1.807, 2.05) is 69.6 Å². The van der Waals surface area contributed by atoms with Gasteiger partial charge in [0, 0.05) is 11.9 Å². The number of benzene rings is 2. The van der Waals surface area contributed by atoms with Crippen molar-refractivity contribution in [2.75, 3.05) is 32.1 Å². The Bertz CT molecular complexity index is 1100. The Hall–Kier alpha value is -2.70. The van der Waals surface area contributed by atoms with Crippen LogP contribution in [-0.4, -0.2) is 43.0 Å². The molecule has 0 spiro atoms. The highest BCUT2D eigenvalue weighted by Gasteiger charge is 2.24. The molecule has 2 aromatic carbocycles. The summed E-state index contributed by atoms with van der Waals surface area (Å²) in [5, 5.41) is 1.65. The zero-order valence-corrected chi connectivity index (χ0v) is 17.1. The predicted molar refractivity (Wildman–Crippen MR) is 115 cm³/mol. The minimum Gasteiger partial charge on any atom is -0.451 e. The molecule has 2 aromatic heterocycles. The number of para-hydroxylation sites is 2. The van der Waals surface area contributed by atoms with Crippen molar-refractivity contribution in [1.82, 2.24) is 9.88 Å².